The van der Waals surface area contributed by atoms with Gasteiger partial charge in [0, 0.05) is 6.42 Å². The molecule has 0 aliphatic carbocycles. The molecular weight excluding hydrogens is 997 g/mol. The van der Waals surface area contributed by atoms with Crippen LogP contribution < -0.4 is 0 Å². The quantitative estimate of drug-likeness (QED) is 0.0261. The maximum Gasteiger partial charge on any atom is 0.310 e. The van der Waals surface area contributed by atoms with Gasteiger partial charge in [0.25, 0.3) is 0 Å². The van der Waals surface area contributed by atoms with Gasteiger partial charge >= 0.3 is 17.9 Å². The van der Waals surface area contributed by atoms with E-state index >= 15 is 0 Å². The van der Waals surface area contributed by atoms with Crippen molar-refractivity contribution < 1.29 is 28.6 Å². The van der Waals surface area contributed by atoms with Crippen molar-refractivity contribution in [3.8, 4) is 0 Å². The van der Waals surface area contributed by atoms with Crippen LogP contribution in [-0.4, -0.2) is 37.2 Å². The van der Waals surface area contributed by atoms with Crippen molar-refractivity contribution in [3.63, 3.8) is 0 Å². The second-order valence-corrected chi connectivity index (χ2v) is 19.5. The van der Waals surface area contributed by atoms with E-state index in [0.717, 1.165) is 135 Å². The van der Waals surface area contributed by atoms with E-state index in [1.54, 1.807) is 12.2 Å². The van der Waals surface area contributed by atoms with Crippen LogP contribution in [0.4, 0.5) is 0 Å². The summed E-state index contributed by atoms with van der Waals surface area (Å²) in [5, 5.41) is 0. The number of unbranched alkanes of at least 4 members (excludes halogenated alkanes) is 8. The molecule has 0 spiro atoms. The van der Waals surface area contributed by atoms with E-state index in [0.29, 0.717) is 19.3 Å². The zero-order valence-corrected chi connectivity index (χ0v) is 50.9. The highest BCUT2D eigenvalue weighted by atomic mass is 16.6. The first-order chi connectivity index (χ1) is 40.0. The van der Waals surface area contributed by atoms with Crippen molar-refractivity contribution in [2.24, 2.45) is 0 Å². The van der Waals surface area contributed by atoms with Crippen molar-refractivity contribution in [1.29, 1.82) is 0 Å². The van der Waals surface area contributed by atoms with Gasteiger partial charge in [-0.05, 0) is 135 Å². The fraction of sp³-hybridized carbons (Fsp3) is 0.480. The summed E-state index contributed by atoms with van der Waals surface area (Å²) in [4.78, 5) is 38.1. The summed E-state index contributed by atoms with van der Waals surface area (Å²) in [7, 11) is 0. The lowest BCUT2D eigenvalue weighted by molar-refractivity contribution is -0.166. The van der Waals surface area contributed by atoms with Crippen molar-refractivity contribution in [1.82, 2.24) is 0 Å². The minimum absolute atomic E-state index is 0.0636. The summed E-state index contributed by atoms with van der Waals surface area (Å²) < 4.78 is 16.6. The number of hydrogen-bond donors (Lipinski definition) is 0. The molecular formula is C75H110O6. The van der Waals surface area contributed by atoms with E-state index in [2.05, 4.69) is 215 Å². The second-order valence-electron chi connectivity index (χ2n) is 19.5. The Bertz CT molecular complexity index is 2050. The Labute approximate surface area is 495 Å². The Kier molecular flexibility index (Phi) is 61.1. The molecule has 0 aromatic rings. The highest BCUT2D eigenvalue weighted by Gasteiger charge is 2.19. The Morgan fingerprint density at radius 2 is 0.494 bits per heavy atom. The van der Waals surface area contributed by atoms with Gasteiger partial charge in [0.15, 0.2) is 6.10 Å². The van der Waals surface area contributed by atoms with Gasteiger partial charge in [0.2, 0.25) is 0 Å². The molecule has 1 unspecified atom stereocenters. The van der Waals surface area contributed by atoms with E-state index in [1.807, 2.05) is 12.2 Å². The summed E-state index contributed by atoms with van der Waals surface area (Å²) in [5.74, 6) is -1.25. The summed E-state index contributed by atoms with van der Waals surface area (Å²) >= 11 is 0. The zero-order valence-electron chi connectivity index (χ0n) is 50.9. The van der Waals surface area contributed by atoms with Gasteiger partial charge in [-0.1, -0.05) is 278 Å². The van der Waals surface area contributed by atoms with Gasteiger partial charge in [-0.2, -0.15) is 0 Å². The first-order valence-electron chi connectivity index (χ1n) is 31.2. The summed E-state index contributed by atoms with van der Waals surface area (Å²) in [6.07, 6.45) is 104. The number of allylic oxidation sites excluding steroid dienone is 34. The molecule has 0 aliphatic heterocycles. The third kappa shape index (κ3) is 64.4. The number of esters is 3. The van der Waals surface area contributed by atoms with Crippen molar-refractivity contribution >= 4 is 17.9 Å². The predicted molar refractivity (Wildman–Crippen MR) is 352 cm³/mol. The molecule has 6 nitrogen and oxygen atoms in total. The largest absolute Gasteiger partial charge is 0.462 e. The molecule has 6 heteroatoms. The van der Waals surface area contributed by atoms with Gasteiger partial charge in [0.05, 0.1) is 12.8 Å². The summed E-state index contributed by atoms with van der Waals surface area (Å²) in [5.41, 5.74) is 0. The maximum absolute atomic E-state index is 12.8. The van der Waals surface area contributed by atoms with E-state index in [-0.39, 0.29) is 32.0 Å². The molecule has 0 fully saturated rings. The minimum Gasteiger partial charge on any atom is -0.462 e. The van der Waals surface area contributed by atoms with Gasteiger partial charge in [-0.15, -0.1) is 0 Å². The molecule has 0 aliphatic rings. The standard InChI is InChI=1S/C75H110O6/c1-4-7-10-13-16-19-22-25-28-29-30-31-32-33-34-35-36-37-38-39-40-41-42-43-44-45-48-50-53-56-59-62-65-68-74(77)80-71-72(81-75(78)69-66-63-60-57-54-51-47-27-24-21-18-15-12-9-6-3)70-79-73(76)67-64-61-58-55-52-49-46-26-23-20-17-14-11-8-5-2/h7-12,16-21,25-28,30-31,33-34,36-37,39-40,42-43,46-47,52,54-55,57,61,63-64,66,72H,4-6,13-15,22-24,29,32,35,38,41,44-45,48-51,53,56,58-60,62,65,67-71H2,1-3H3/b10-7-,11-8-,12-9-,19-16-,20-17-,21-18-,28-25-,31-30-,34-33-,37-36-,40-39-,43-42-,46-26-,47-27-,55-52-,57-54-,64-61-,66-63-. The van der Waals surface area contributed by atoms with Crippen LogP contribution in [0, 0.1) is 0 Å². The zero-order chi connectivity index (χ0) is 58.5. The van der Waals surface area contributed by atoms with Crippen LogP contribution in [0.15, 0.2) is 219 Å². The number of ether oxygens (including phenoxy) is 3. The Morgan fingerprint density at radius 3 is 0.802 bits per heavy atom. The van der Waals surface area contributed by atoms with E-state index in [9.17, 15) is 14.4 Å². The van der Waals surface area contributed by atoms with Crippen molar-refractivity contribution in [2.45, 2.75) is 219 Å². The predicted octanol–water partition coefficient (Wildman–Crippen LogP) is 21.8. The highest BCUT2D eigenvalue weighted by Crippen LogP contribution is 2.12. The molecule has 0 saturated heterocycles. The monoisotopic (exact) mass is 1110 g/mol. The van der Waals surface area contributed by atoms with Crippen LogP contribution in [0.5, 0.6) is 0 Å². The topological polar surface area (TPSA) is 78.9 Å². The third-order valence-corrected chi connectivity index (χ3v) is 12.0. The van der Waals surface area contributed by atoms with Gasteiger partial charge in [-0.25, -0.2) is 0 Å². The first-order valence-corrected chi connectivity index (χ1v) is 31.2. The van der Waals surface area contributed by atoms with E-state index in [1.165, 1.54) is 25.7 Å². The van der Waals surface area contributed by atoms with Crippen LogP contribution in [0.2, 0.25) is 0 Å². The van der Waals surface area contributed by atoms with Crippen molar-refractivity contribution in [2.75, 3.05) is 13.2 Å². The highest BCUT2D eigenvalue weighted by molar-refractivity contribution is 5.72. The van der Waals surface area contributed by atoms with Crippen LogP contribution in [0.3, 0.4) is 0 Å². The normalized spacial score (nSPS) is 13.7. The fourth-order valence-corrected chi connectivity index (χ4v) is 7.49. The molecule has 1 atom stereocenters. The van der Waals surface area contributed by atoms with Crippen LogP contribution in [0.25, 0.3) is 0 Å². The lowest BCUT2D eigenvalue weighted by atomic mass is 10.1. The second kappa shape index (κ2) is 66.2. The SMILES string of the molecule is CC/C=C\C/C=C\C/C=C\C/C=C\C/C=C\C/C=C\C/C=C\C/C=C\CCCCCCCCCCC(=O)OCC(COC(=O)C/C=C\C/C=C\C/C=C\C/C=C\C/C=C\CC)OC(=O)C/C=C\C/C=C\C/C=C\C/C=C\C/C=C\CC. The number of carbonyl (C=O) groups excluding carboxylic acids is 3. The lowest BCUT2D eigenvalue weighted by Crippen LogP contribution is -2.30. The molecule has 81 heavy (non-hydrogen) atoms. The molecule has 0 amide bonds. The first kappa shape index (κ1) is 74.7. The molecule has 0 heterocycles. The van der Waals surface area contributed by atoms with E-state index < -0.39 is 18.0 Å². The van der Waals surface area contributed by atoms with Crippen LogP contribution in [0.1, 0.15) is 213 Å². The molecule has 0 saturated carbocycles. The van der Waals surface area contributed by atoms with Gasteiger partial charge < -0.3 is 14.2 Å². The summed E-state index contributed by atoms with van der Waals surface area (Å²) in [6, 6.07) is 0. The Morgan fingerprint density at radius 1 is 0.259 bits per heavy atom. The molecule has 0 rings (SSSR count). The molecule has 446 valence electrons. The Balaban J connectivity index is 4.46. The van der Waals surface area contributed by atoms with Crippen LogP contribution >= 0.6 is 0 Å². The Hall–Kier alpha value is -6.27. The molecule has 0 aromatic carbocycles. The van der Waals surface area contributed by atoms with Gasteiger partial charge in [-0.3, -0.25) is 14.4 Å². The van der Waals surface area contributed by atoms with Crippen LogP contribution in [-0.2, 0) is 28.6 Å². The minimum atomic E-state index is -0.890. The fourth-order valence-electron chi connectivity index (χ4n) is 7.49. The van der Waals surface area contributed by atoms with E-state index in [4.69, 9.17) is 14.2 Å². The lowest BCUT2D eigenvalue weighted by Gasteiger charge is -2.17. The molecule has 0 aromatic heterocycles. The number of rotatable bonds is 53. The molecule has 0 N–H and O–H groups in total. The average molecular weight is 1110 g/mol. The summed E-state index contributed by atoms with van der Waals surface area (Å²) in [6.45, 7) is 6.09. The maximum atomic E-state index is 12.8. The third-order valence-electron chi connectivity index (χ3n) is 12.0. The van der Waals surface area contributed by atoms with Crippen molar-refractivity contribution in [3.05, 3.63) is 219 Å². The molecule has 0 bridgehead atoms. The molecule has 0 radical (unpaired) electrons. The smallest absolute Gasteiger partial charge is 0.310 e. The number of hydrogen-bond acceptors (Lipinski definition) is 6. The number of carbonyl (C=O) groups is 3. The van der Waals surface area contributed by atoms with Gasteiger partial charge in [0.1, 0.15) is 13.2 Å². The average Bonchev–Trinajstić information content (AvgIpc) is 3.47.